The first-order chi connectivity index (χ1) is 9.61. The molecule has 1 fully saturated rings. The van der Waals surface area contributed by atoms with Gasteiger partial charge in [-0.2, -0.15) is 0 Å². The summed E-state index contributed by atoms with van der Waals surface area (Å²) >= 11 is 6.40. The second-order valence-corrected chi connectivity index (χ2v) is 6.19. The fourth-order valence-electron chi connectivity index (χ4n) is 2.42. The second-order valence-electron chi connectivity index (χ2n) is 4.85. The summed E-state index contributed by atoms with van der Waals surface area (Å²) < 4.78 is 0. The van der Waals surface area contributed by atoms with Crippen LogP contribution in [0, 0.1) is 0 Å². The molecular weight excluding hydrogens is 296 g/mol. The summed E-state index contributed by atoms with van der Waals surface area (Å²) in [6, 6.07) is -0.266. The van der Waals surface area contributed by atoms with Crippen molar-refractivity contribution < 1.29 is 14.7 Å². The van der Waals surface area contributed by atoms with Crippen LogP contribution < -0.4 is 5.32 Å². The third kappa shape index (κ3) is 2.75. The fourth-order valence-corrected chi connectivity index (χ4v) is 4.06. The van der Waals surface area contributed by atoms with Gasteiger partial charge < -0.3 is 10.4 Å². The molecule has 110 valence electrons. The SMILES string of the molecule is CCCCCN[C@@H]1C(=O)N2C(C(=O)O)=C(C=S)CS[C@@H]12. The van der Waals surface area contributed by atoms with Gasteiger partial charge in [0.05, 0.1) is 0 Å². The van der Waals surface area contributed by atoms with Gasteiger partial charge in [-0.3, -0.25) is 9.69 Å². The Morgan fingerprint density at radius 3 is 2.95 bits per heavy atom. The summed E-state index contributed by atoms with van der Waals surface area (Å²) in [4.78, 5) is 24.8. The van der Waals surface area contributed by atoms with Crippen molar-refractivity contribution in [2.24, 2.45) is 0 Å². The molecule has 0 aromatic heterocycles. The molecule has 2 atom stereocenters. The van der Waals surface area contributed by atoms with Crippen molar-refractivity contribution in [3.05, 3.63) is 11.3 Å². The van der Waals surface area contributed by atoms with Crippen molar-refractivity contribution in [2.75, 3.05) is 12.3 Å². The Kier molecular flexibility index (Phi) is 5.17. The predicted molar refractivity (Wildman–Crippen MR) is 82.7 cm³/mol. The number of carboxylic acids is 1. The van der Waals surface area contributed by atoms with Gasteiger partial charge >= 0.3 is 5.97 Å². The number of carbonyl (C=O) groups is 2. The van der Waals surface area contributed by atoms with Gasteiger partial charge in [0.15, 0.2) is 0 Å². The van der Waals surface area contributed by atoms with Crippen LogP contribution in [-0.2, 0) is 9.59 Å². The highest BCUT2D eigenvalue weighted by Gasteiger charge is 2.52. The van der Waals surface area contributed by atoms with Gasteiger partial charge in [-0.1, -0.05) is 32.0 Å². The Morgan fingerprint density at radius 2 is 2.35 bits per heavy atom. The van der Waals surface area contributed by atoms with E-state index in [2.05, 4.69) is 12.2 Å². The second kappa shape index (κ2) is 6.69. The monoisotopic (exact) mass is 314 g/mol. The molecule has 1 saturated heterocycles. The van der Waals surface area contributed by atoms with E-state index in [4.69, 9.17) is 12.2 Å². The van der Waals surface area contributed by atoms with Crippen LogP contribution in [0.25, 0.3) is 0 Å². The summed E-state index contributed by atoms with van der Waals surface area (Å²) in [6.45, 7) is 2.92. The zero-order valence-corrected chi connectivity index (χ0v) is 12.9. The normalized spacial score (nSPS) is 25.2. The number of unbranched alkanes of at least 4 members (excludes halogenated alkanes) is 2. The van der Waals surface area contributed by atoms with Crippen molar-refractivity contribution in [1.29, 1.82) is 0 Å². The smallest absolute Gasteiger partial charge is 0.352 e. The maximum Gasteiger partial charge on any atom is 0.352 e. The molecule has 0 radical (unpaired) electrons. The van der Waals surface area contributed by atoms with Gasteiger partial charge in [-0.15, -0.1) is 11.8 Å². The van der Waals surface area contributed by atoms with Crippen LogP contribution in [-0.4, -0.2) is 51.0 Å². The highest BCUT2D eigenvalue weighted by atomic mass is 32.2. The van der Waals surface area contributed by atoms with Crippen LogP contribution in [0.5, 0.6) is 0 Å². The number of β-lactam (4-membered cyclic amide) rings is 1. The highest BCUT2D eigenvalue weighted by Crippen LogP contribution is 2.39. The zero-order chi connectivity index (χ0) is 14.7. The Labute approximate surface area is 127 Å². The molecule has 2 aliphatic heterocycles. The van der Waals surface area contributed by atoms with Crippen LogP contribution in [0.4, 0.5) is 0 Å². The first kappa shape index (κ1) is 15.5. The number of fused-ring (bicyclic) bond motifs is 1. The number of aliphatic carboxylic acids is 1. The van der Waals surface area contributed by atoms with E-state index in [1.54, 1.807) is 11.8 Å². The van der Waals surface area contributed by atoms with Gasteiger partial charge in [0.2, 0.25) is 5.91 Å². The van der Waals surface area contributed by atoms with Crippen LogP contribution in [0.15, 0.2) is 11.3 Å². The van der Waals surface area contributed by atoms with E-state index in [1.165, 1.54) is 10.3 Å². The number of nitrogens with one attached hydrogen (secondary N) is 1. The van der Waals surface area contributed by atoms with Crippen molar-refractivity contribution in [1.82, 2.24) is 10.2 Å². The lowest BCUT2D eigenvalue weighted by molar-refractivity contribution is -0.149. The van der Waals surface area contributed by atoms with E-state index in [0.29, 0.717) is 11.3 Å². The van der Waals surface area contributed by atoms with Crippen LogP contribution in [0.3, 0.4) is 0 Å². The van der Waals surface area contributed by atoms with Gasteiger partial charge in [0, 0.05) is 16.7 Å². The Bertz CT molecular complexity index is 465. The van der Waals surface area contributed by atoms with Crippen molar-refractivity contribution >= 4 is 41.2 Å². The Morgan fingerprint density at radius 1 is 1.60 bits per heavy atom. The van der Waals surface area contributed by atoms with Crippen molar-refractivity contribution in [3.8, 4) is 0 Å². The molecule has 0 saturated carbocycles. The molecule has 2 heterocycles. The molecule has 2 rings (SSSR count). The van der Waals surface area contributed by atoms with E-state index >= 15 is 0 Å². The molecule has 5 nitrogen and oxygen atoms in total. The molecule has 0 aliphatic carbocycles. The molecule has 7 heteroatoms. The summed E-state index contributed by atoms with van der Waals surface area (Å²) in [5, 5.41) is 13.7. The minimum Gasteiger partial charge on any atom is -0.477 e. The number of nitrogens with zero attached hydrogens (tertiary/aromatic N) is 1. The van der Waals surface area contributed by atoms with Gasteiger partial charge in [-0.05, 0) is 13.0 Å². The number of thioether (sulfide) groups is 1. The molecular formula is C13H18N2O3S2. The largest absolute Gasteiger partial charge is 0.477 e. The maximum absolute atomic E-state index is 12.1. The molecule has 0 aromatic rings. The number of carboxylic acid groups (broad SMARTS) is 1. The summed E-state index contributed by atoms with van der Waals surface area (Å²) in [5.41, 5.74) is 0.604. The zero-order valence-electron chi connectivity index (χ0n) is 11.3. The lowest BCUT2D eigenvalue weighted by atomic mass is 10.0. The maximum atomic E-state index is 12.1. The quantitative estimate of drug-likeness (QED) is 0.420. The topological polar surface area (TPSA) is 69.6 Å². The average Bonchev–Trinajstić information content (AvgIpc) is 2.45. The number of carbonyl (C=O) groups excluding carboxylic acids is 1. The lowest BCUT2D eigenvalue weighted by Crippen LogP contribution is -2.69. The highest BCUT2D eigenvalue weighted by molar-refractivity contribution is 8.00. The van der Waals surface area contributed by atoms with Crippen LogP contribution in [0.1, 0.15) is 26.2 Å². The molecule has 0 spiro atoms. The minimum atomic E-state index is -1.08. The minimum absolute atomic E-state index is 0.0559. The van der Waals surface area contributed by atoms with Crippen molar-refractivity contribution in [3.63, 3.8) is 0 Å². The van der Waals surface area contributed by atoms with E-state index in [0.717, 1.165) is 25.8 Å². The fraction of sp³-hybridized carbons (Fsp3) is 0.615. The third-order valence-electron chi connectivity index (χ3n) is 3.49. The Balaban J connectivity index is 2.03. The number of rotatable bonds is 7. The summed E-state index contributed by atoms with van der Waals surface area (Å²) in [7, 11) is 0. The molecule has 0 aromatic carbocycles. The number of thiocarbonyl (C=S) groups is 1. The van der Waals surface area contributed by atoms with Crippen LogP contribution >= 0.6 is 24.0 Å². The molecule has 2 N–H and O–H groups in total. The van der Waals surface area contributed by atoms with Gasteiger partial charge in [0.1, 0.15) is 17.1 Å². The first-order valence-electron chi connectivity index (χ1n) is 6.71. The molecule has 1 amide bonds. The number of amides is 1. The lowest BCUT2D eigenvalue weighted by Gasteiger charge is -2.49. The average molecular weight is 314 g/mol. The van der Waals surface area contributed by atoms with E-state index < -0.39 is 5.97 Å². The Hall–Kier alpha value is -0.920. The standard InChI is InChI=1S/C13H18N2O3S2/c1-2-3-4-5-14-9-11(16)15-10(13(17)18)8(6-19)7-20-12(9)15/h6,9,12,14H,2-5,7H2,1H3,(H,17,18)/t9-,12+/m1/s1. The predicted octanol–water partition coefficient (Wildman–Crippen LogP) is 1.39. The number of hydrogen-bond acceptors (Lipinski definition) is 5. The van der Waals surface area contributed by atoms with E-state index in [-0.39, 0.29) is 23.0 Å². The van der Waals surface area contributed by atoms with E-state index in [1.807, 2.05) is 0 Å². The summed E-state index contributed by atoms with van der Waals surface area (Å²) in [5.74, 6) is -0.693. The van der Waals surface area contributed by atoms with Gasteiger partial charge in [-0.25, -0.2) is 4.79 Å². The third-order valence-corrected chi connectivity index (χ3v) is 5.07. The molecule has 0 unspecified atom stereocenters. The van der Waals surface area contributed by atoms with Crippen molar-refractivity contribution in [2.45, 2.75) is 37.6 Å². The first-order valence-corrected chi connectivity index (χ1v) is 8.23. The van der Waals surface area contributed by atoms with Gasteiger partial charge in [0.25, 0.3) is 0 Å². The molecule has 20 heavy (non-hydrogen) atoms. The van der Waals surface area contributed by atoms with Crippen LogP contribution in [0.2, 0.25) is 0 Å². The van der Waals surface area contributed by atoms with E-state index in [9.17, 15) is 14.7 Å². The number of hydrogen-bond donors (Lipinski definition) is 2. The summed E-state index contributed by atoms with van der Waals surface area (Å²) in [6.07, 6.45) is 3.30. The molecule has 2 aliphatic rings. The molecule has 0 bridgehead atoms.